The summed E-state index contributed by atoms with van der Waals surface area (Å²) >= 11 is 0. The third-order valence-corrected chi connectivity index (χ3v) is 5.29. The van der Waals surface area contributed by atoms with Gasteiger partial charge in [0.05, 0.1) is 11.5 Å². The number of halogens is 3. The van der Waals surface area contributed by atoms with Gasteiger partial charge >= 0.3 is 12.2 Å². The summed E-state index contributed by atoms with van der Waals surface area (Å²) in [5.41, 5.74) is -1.19. The van der Waals surface area contributed by atoms with Crippen LogP contribution in [-0.4, -0.2) is 60.3 Å². The molecule has 0 spiro atoms. The minimum Gasteiger partial charge on any atom is -0.335 e. The smallest absolute Gasteiger partial charge is 0.335 e. The second-order valence-electron chi connectivity index (χ2n) is 7.27. The predicted molar refractivity (Wildman–Crippen MR) is 78.6 cm³/mol. The molecule has 3 atom stereocenters. The van der Waals surface area contributed by atoms with Crippen LogP contribution < -0.4 is 5.32 Å². The Labute approximate surface area is 130 Å². The van der Waals surface area contributed by atoms with Gasteiger partial charge in [-0.2, -0.15) is 13.2 Å². The molecular formula is C15H26F3N3O. The fourth-order valence-corrected chi connectivity index (χ4v) is 3.83. The van der Waals surface area contributed by atoms with Crippen LogP contribution in [0.3, 0.4) is 0 Å². The Morgan fingerprint density at radius 3 is 2.32 bits per heavy atom. The summed E-state index contributed by atoms with van der Waals surface area (Å²) in [5.74, 6) is -1.45. The first-order valence-corrected chi connectivity index (χ1v) is 7.84. The van der Waals surface area contributed by atoms with Crippen LogP contribution >= 0.6 is 0 Å². The van der Waals surface area contributed by atoms with E-state index in [1.165, 1.54) is 18.7 Å². The normalized spacial score (nSPS) is 31.8. The first-order valence-electron chi connectivity index (χ1n) is 7.84. The van der Waals surface area contributed by atoms with E-state index in [9.17, 15) is 18.0 Å². The summed E-state index contributed by atoms with van der Waals surface area (Å²) in [5, 5.41) is 2.93. The lowest BCUT2D eigenvalue weighted by Gasteiger charge is -2.37. The molecule has 1 saturated heterocycles. The molecule has 1 heterocycles. The van der Waals surface area contributed by atoms with E-state index in [0.717, 1.165) is 19.3 Å². The first-order chi connectivity index (χ1) is 10.0. The van der Waals surface area contributed by atoms with E-state index in [1.807, 2.05) is 14.1 Å². The van der Waals surface area contributed by atoms with Gasteiger partial charge in [0.1, 0.15) is 0 Å². The van der Waals surface area contributed by atoms with Gasteiger partial charge in [-0.05, 0) is 53.6 Å². The maximum Gasteiger partial charge on any atom is 0.394 e. The van der Waals surface area contributed by atoms with Crippen molar-refractivity contribution < 1.29 is 18.0 Å². The highest BCUT2D eigenvalue weighted by molar-refractivity contribution is 5.76. The zero-order valence-corrected chi connectivity index (χ0v) is 13.7. The largest absolute Gasteiger partial charge is 0.394 e. The van der Waals surface area contributed by atoms with Gasteiger partial charge in [0, 0.05) is 18.6 Å². The van der Waals surface area contributed by atoms with E-state index in [4.69, 9.17) is 0 Å². The molecule has 0 aromatic heterocycles. The van der Waals surface area contributed by atoms with E-state index < -0.39 is 17.6 Å². The predicted octanol–water partition coefficient (Wildman–Crippen LogP) is 2.84. The Morgan fingerprint density at radius 2 is 1.86 bits per heavy atom. The molecule has 1 saturated carbocycles. The SMILES string of the molecule is CN(C)[C@@H]1CC[C@H](NC(=O)N2CC[C@@H](C(F)(F)F)C2(C)C)C1. The van der Waals surface area contributed by atoms with Gasteiger partial charge in [-0.25, -0.2) is 4.79 Å². The van der Waals surface area contributed by atoms with Gasteiger partial charge in [-0.15, -0.1) is 0 Å². The fraction of sp³-hybridized carbons (Fsp3) is 0.933. The molecule has 2 rings (SSSR count). The second-order valence-corrected chi connectivity index (χ2v) is 7.27. The number of nitrogens with one attached hydrogen (secondary N) is 1. The van der Waals surface area contributed by atoms with Gasteiger partial charge in [0.15, 0.2) is 0 Å². The standard InChI is InChI=1S/C15H26F3N3O/c1-14(2)12(15(16,17)18)7-8-21(14)13(22)19-10-5-6-11(9-10)20(3)4/h10-12H,5-9H2,1-4H3,(H,19,22)/t10-,11+,12+/m0/s1. The Morgan fingerprint density at radius 1 is 1.23 bits per heavy atom. The highest BCUT2D eigenvalue weighted by atomic mass is 19.4. The average Bonchev–Trinajstić information content (AvgIpc) is 2.91. The summed E-state index contributed by atoms with van der Waals surface area (Å²) in [6.07, 6.45) is -1.54. The Bertz CT molecular complexity index is 423. The molecule has 0 bridgehead atoms. The number of likely N-dealkylation sites (tertiary alicyclic amines) is 1. The van der Waals surface area contributed by atoms with Crippen LogP contribution in [0.4, 0.5) is 18.0 Å². The molecule has 22 heavy (non-hydrogen) atoms. The van der Waals surface area contributed by atoms with Gasteiger partial charge in [-0.3, -0.25) is 0 Å². The molecule has 2 amide bonds. The van der Waals surface area contributed by atoms with Crippen LogP contribution in [0.25, 0.3) is 0 Å². The molecule has 2 aliphatic rings. The van der Waals surface area contributed by atoms with E-state index in [-0.39, 0.29) is 25.0 Å². The topological polar surface area (TPSA) is 35.6 Å². The highest BCUT2D eigenvalue weighted by Gasteiger charge is 2.56. The molecule has 1 N–H and O–H groups in total. The number of rotatable bonds is 2. The van der Waals surface area contributed by atoms with Crippen LogP contribution in [0, 0.1) is 5.92 Å². The van der Waals surface area contributed by atoms with Gasteiger partial charge in [0.2, 0.25) is 0 Å². The molecule has 1 aliphatic carbocycles. The minimum absolute atomic E-state index is 0.0189. The van der Waals surface area contributed by atoms with Gasteiger partial charge in [-0.1, -0.05) is 0 Å². The van der Waals surface area contributed by atoms with Crippen molar-refractivity contribution in [1.82, 2.24) is 15.1 Å². The molecule has 0 aromatic rings. The van der Waals surface area contributed by atoms with Crippen molar-refractivity contribution in [3.63, 3.8) is 0 Å². The number of urea groups is 1. The van der Waals surface area contributed by atoms with Crippen molar-refractivity contribution in [2.45, 2.75) is 63.3 Å². The van der Waals surface area contributed by atoms with Crippen molar-refractivity contribution in [3.8, 4) is 0 Å². The van der Waals surface area contributed by atoms with Crippen LogP contribution in [-0.2, 0) is 0 Å². The van der Waals surface area contributed by atoms with Crippen molar-refractivity contribution in [3.05, 3.63) is 0 Å². The van der Waals surface area contributed by atoms with Crippen molar-refractivity contribution in [2.24, 2.45) is 5.92 Å². The van der Waals surface area contributed by atoms with Crippen molar-refractivity contribution in [1.29, 1.82) is 0 Å². The third kappa shape index (κ3) is 3.34. The van der Waals surface area contributed by atoms with Gasteiger partial charge in [0.25, 0.3) is 0 Å². The lowest BCUT2D eigenvalue weighted by molar-refractivity contribution is -0.189. The lowest BCUT2D eigenvalue weighted by atomic mass is 9.88. The number of alkyl halides is 3. The fourth-order valence-electron chi connectivity index (χ4n) is 3.83. The van der Waals surface area contributed by atoms with Crippen molar-refractivity contribution >= 4 is 6.03 Å². The van der Waals surface area contributed by atoms with E-state index in [1.54, 1.807) is 0 Å². The summed E-state index contributed by atoms with van der Waals surface area (Å²) in [6.45, 7) is 3.18. The van der Waals surface area contributed by atoms with E-state index >= 15 is 0 Å². The monoisotopic (exact) mass is 321 g/mol. The van der Waals surface area contributed by atoms with Crippen LogP contribution in [0.2, 0.25) is 0 Å². The first kappa shape index (κ1) is 17.4. The van der Waals surface area contributed by atoms with Crippen LogP contribution in [0.1, 0.15) is 39.5 Å². The maximum atomic E-state index is 13.1. The maximum absolute atomic E-state index is 13.1. The molecule has 4 nitrogen and oxygen atoms in total. The third-order valence-electron chi connectivity index (χ3n) is 5.29. The zero-order chi connectivity index (χ0) is 16.7. The van der Waals surface area contributed by atoms with Crippen LogP contribution in [0.5, 0.6) is 0 Å². The highest BCUT2D eigenvalue weighted by Crippen LogP contribution is 2.44. The quantitative estimate of drug-likeness (QED) is 0.849. The molecule has 0 aromatic carbocycles. The van der Waals surface area contributed by atoms with E-state index in [0.29, 0.717) is 6.04 Å². The molecular weight excluding hydrogens is 295 g/mol. The van der Waals surface area contributed by atoms with Crippen molar-refractivity contribution in [2.75, 3.05) is 20.6 Å². The summed E-state index contributed by atoms with van der Waals surface area (Å²) in [6, 6.07) is 0.126. The van der Waals surface area contributed by atoms with Crippen LogP contribution in [0.15, 0.2) is 0 Å². The summed E-state index contributed by atoms with van der Waals surface area (Å²) < 4.78 is 39.2. The molecule has 0 radical (unpaired) electrons. The minimum atomic E-state index is -4.26. The Hall–Kier alpha value is -0.980. The van der Waals surface area contributed by atoms with Gasteiger partial charge < -0.3 is 15.1 Å². The number of hydrogen-bond donors (Lipinski definition) is 1. The molecule has 0 unspecified atom stereocenters. The number of nitrogens with zero attached hydrogens (tertiary/aromatic N) is 2. The number of hydrogen-bond acceptors (Lipinski definition) is 2. The van der Waals surface area contributed by atoms with E-state index in [2.05, 4.69) is 10.2 Å². The summed E-state index contributed by atoms with van der Waals surface area (Å²) in [7, 11) is 4.01. The number of carbonyl (C=O) groups excluding carboxylic acids is 1. The molecule has 2 fully saturated rings. The number of carbonyl (C=O) groups is 1. The Kier molecular flexibility index (Phi) is 4.66. The second kappa shape index (κ2) is 5.91. The molecule has 1 aliphatic heterocycles. The average molecular weight is 321 g/mol. The molecule has 128 valence electrons. The molecule has 7 heteroatoms. The Balaban J connectivity index is 1.97. The summed E-state index contributed by atoms with van der Waals surface area (Å²) in [4.78, 5) is 15.9. The lowest BCUT2D eigenvalue weighted by Crippen LogP contribution is -2.54. The number of amides is 2. The zero-order valence-electron chi connectivity index (χ0n) is 13.7.